The molecule has 3 aromatic rings. The molecule has 0 amide bonds. The van der Waals surface area contributed by atoms with Gasteiger partial charge >= 0.3 is 0 Å². The number of aliphatic hydroxyl groups is 1. The van der Waals surface area contributed by atoms with E-state index < -0.39 is 17.5 Å². The van der Waals surface area contributed by atoms with Gasteiger partial charge in [0.05, 0.1) is 23.5 Å². The standard InChI is InChI=1S/C20H21FN6O2/c1-12-15-10-24-27-6-3-17(25-18(15)27)26(2)20(4-5-20)16-7-13(21)8-23-19(16)29-11-14(28)9-22-12/h3,6-8,10,14,22,28H,1,4-5,9,11H2,2H3. The molecule has 5 rings (SSSR count). The van der Waals surface area contributed by atoms with E-state index in [-0.39, 0.29) is 13.2 Å². The van der Waals surface area contributed by atoms with Crippen molar-refractivity contribution in [2.24, 2.45) is 0 Å². The molecular formula is C20H21FN6O2. The van der Waals surface area contributed by atoms with Crippen LogP contribution in [0.25, 0.3) is 11.3 Å². The van der Waals surface area contributed by atoms with Gasteiger partial charge in [-0.05, 0) is 25.0 Å². The average Bonchev–Trinajstić information content (AvgIpc) is 3.42. The fourth-order valence-corrected chi connectivity index (χ4v) is 3.83. The number of nitrogens with one attached hydrogen (secondary N) is 1. The van der Waals surface area contributed by atoms with Gasteiger partial charge in [-0.25, -0.2) is 18.9 Å². The van der Waals surface area contributed by atoms with Crippen LogP contribution in [0.15, 0.2) is 37.3 Å². The van der Waals surface area contributed by atoms with Crippen molar-refractivity contribution in [3.63, 3.8) is 0 Å². The maximum absolute atomic E-state index is 14.1. The molecule has 2 N–H and O–H groups in total. The molecule has 1 unspecified atom stereocenters. The number of fused-ring (bicyclic) bond motifs is 3. The van der Waals surface area contributed by atoms with Gasteiger partial charge in [0.15, 0.2) is 5.65 Å². The Morgan fingerprint density at radius 3 is 3.00 bits per heavy atom. The number of ether oxygens (including phenoxy) is 1. The molecular weight excluding hydrogens is 375 g/mol. The van der Waals surface area contributed by atoms with Crippen molar-refractivity contribution in [2.45, 2.75) is 24.5 Å². The van der Waals surface area contributed by atoms with Crippen LogP contribution in [0.5, 0.6) is 5.88 Å². The van der Waals surface area contributed by atoms with E-state index >= 15 is 0 Å². The van der Waals surface area contributed by atoms with Gasteiger partial charge in [0.25, 0.3) is 0 Å². The smallest absolute Gasteiger partial charge is 0.219 e. The normalized spacial score (nSPS) is 20.9. The maximum Gasteiger partial charge on any atom is 0.219 e. The first-order valence-electron chi connectivity index (χ1n) is 9.46. The number of nitrogens with zero attached hydrogens (tertiary/aromatic N) is 5. The molecule has 3 aromatic heterocycles. The SMILES string of the molecule is C=C1NCC(O)COc2ncc(F)cc2C2(CC2)N(C)c2ccn3ncc1c3n2. The molecule has 0 saturated heterocycles. The summed E-state index contributed by atoms with van der Waals surface area (Å²) in [6.07, 6.45) is 5.50. The fraction of sp³-hybridized carbons (Fsp3) is 0.350. The van der Waals surface area contributed by atoms with Crippen LogP contribution in [0.2, 0.25) is 0 Å². The second kappa shape index (κ2) is 6.41. The lowest BCUT2D eigenvalue weighted by molar-refractivity contribution is 0.106. The van der Waals surface area contributed by atoms with Crippen LogP contribution >= 0.6 is 0 Å². The summed E-state index contributed by atoms with van der Waals surface area (Å²) in [5.41, 5.74) is 2.23. The molecule has 9 heteroatoms. The Labute approximate surface area is 166 Å². The van der Waals surface area contributed by atoms with Crippen LogP contribution in [-0.4, -0.2) is 51.0 Å². The van der Waals surface area contributed by atoms with Crippen LogP contribution in [0, 0.1) is 5.82 Å². The van der Waals surface area contributed by atoms with Gasteiger partial charge < -0.3 is 20.1 Å². The van der Waals surface area contributed by atoms with Crippen molar-refractivity contribution in [2.75, 3.05) is 25.1 Å². The number of aromatic nitrogens is 4. The topological polar surface area (TPSA) is 87.8 Å². The van der Waals surface area contributed by atoms with E-state index in [2.05, 4.69) is 22.0 Å². The monoisotopic (exact) mass is 396 g/mol. The molecule has 150 valence electrons. The molecule has 0 radical (unpaired) electrons. The minimum Gasteiger partial charge on any atom is -0.475 e. The van der Waals surface area contributed by atoms with Gasteiger partial charge in [0.2, 0.25) is 5.88 Å². The highest BCUT2D eigenvalue weighted by Crippen LogP contribution is 2.54. The number of pyridine rings is 1. The molecule has 1 aliphatic heterocycles. The summed E-state index contributed by atoms with van der Waals surface area (Å²) >= 11 is 0. The zero-order valence-electron chi connectivity index (χ0n) is 16.0. The lowest BCUT2D eigenvalue weighted by Gasteiger charge is -2.31. The summed E-state index contributed by atoms with van der Waals surface area (Å²) < 4.78 is 21.6. The third-order valence-corrected chi connectivity index (χ3v) is 5.67. The van der Waals surface area contributed by atoms with E-state index in [4.69, 9.17) is 9.72 Å². The van der Waals surface area contributed by atoms with Crippen LogP contribution in [0.3, 0.4) is 0 Å². The Kier molecular flexibility index (Phi) is 3.95. The average molecular weight is 396 g/mol. The maximum atomic E-state index is 14.1. The Morgan fingerprint density at radius 2 is 2.21 bits per heavy atom. The van der Waals surface area contributed by atoms with Gasteiger partial charge in [0.1, 0.15) is 24.3 Å². The first kappa shape index (κ1) is 17.9. The van der Waals surface area contributed by atoms with E-state index in [1.54, 1.807) is 10.7 Å². The molecule has 2 aliphatic rings. The van der Waals surface area contributed by atoms with E-state index in [1.165, 1.54) is 6.07 Å². The predicted octanol–water partition coefficient (Wildman–Crippen LogP) is 1.70. The number of hydrogen-bond acceptors (Lipinski definition) is 7. The zero-order valence-corrected chi connectivity index (χ0v) is 16.0. The zero-order chi connectivity index (χ0) is 20.2. The lowest BCUT2D eigenvalue weighted by atomic mass is 10.0. The summed E-state index contributed by atoms with van der Waals surface area (Å²) in [6, 6.07) is 3.34. The Hall–Kier alpha value is -3.20. The van der Waals surface area contributed by atoms with Crippen LogP contribution in [-0.2, 0) is 5.54 Å². The second-order valence-corrected chi connectivity index (χ2v) is 7.53. The highest BCUT2D eigenvalue weighted by atomic mass is 19.1. The number of β-amino-alcohol motifs (C(OH)–C–C–N with tert-alkyl or cyclic N) is 1. The highest BCUT2D eigenvalue weighted by Gasteiger charge is 2.51. The largest absolute Gasteiger partial charge is 0.475 e. The molecule has 1 spiro atoms. The summed E-state index contributed by atoms with van der Waals surface area (Å²) in [4.78, 5) is 11.0. The van der Waals surface area contributed by atoms with Crippen molar-refractivity contribution >= 4 is 17.2 Å². The summed E-state index contributed by atoms with van der Waals surface area (Å²) in [5, 5.41) is 17.8. The van der Waals surface area contributed by atoms with Crippen molar-refractivity contribution in [1.29, 1.82) is 0 Å². The molecule has 29 heavy (non-hydrogen) atoms. The quantitative estimate of drug-likeness (QED) is 0.598. The van der Waals surface area contributed by atoms with Gasteiger partial charge in [-0.2, -0.15) is 5.10 Å². The van der Waals surface area contributed by atoms with E-state index in [0.29, 0.717) is 22.8 Å². The van der Waals surface area contributed by atoms with Crippen molar-refractivity contribution in [3.05, 3.63) is 54.2 Å². The Bertz CT molecular complexity index is 1110. The third-order valence-electron chi connectivity index (χ3n) is 5.67. The second-order valence-electron chi connectivity index (χ2n) is 7.53. The number of hydrogen-bond donors (Lipinski definition) is 2. The number of aliphatic hydroxyl groups excluding tert-OH is 1. The van der Waals surface area contributed by atoms with Crippen LogP contribution in [0.4, 0.5) is 10.2 Å². The molecule has 1 fully saturated rings. The Balaban J connectivity index is 1.67. The minimum absolute atomic E-state index is 0.0265. The van der Waals surface area contributed by atoms with E-state index in [9.17, 15) is 9.50 Å². The van der Waals surface area contributed by atoms with Gasteiger partial charge in [-0.1, -0.05) is 6.58 Å². The number of anilines is 1. The number of rotatable bonds is 0. The fourth-order valence-electron chi connectivity index (χ4n) is 3.83. The molecule has 1 atom stereocenters. The summed E-state index contributed by atoms with van der Waals surface area (Å²) in [6.45, 7) is 4.31. The van der Waals surface area contributed by atoms with E-state index in [1.807, 2.05) is 24.2 Å². The number of halogens is 1. The molecule has 8 nitrogen and oxygen atoms in total. The van der Waals surface area contributed by atoms with Crippen molar-refractivity contribution in [1.82, 2.24) is 24.9 Å². The van der Waals surface area contributed by atoms with Crippen LogP contribution in [0.1, 0.15) is 24.0 Å². The third kappa shape index (κ3) is 2.89. The Morgan fingerprint density at radius 1 is 1.38 bits per heavy atom. The molecule has 1 aliphatic carbocycles. The van der Waals surface area contributed by atoms with Gasteiger partial charge in [-0.15, -0.1) is 0 Å². The highest BCUT2D eigenvalue weighted by molar-refractivity contribution is 5.74. The van der Waals surface area contributed by atoms with Crippen molar-refractivity contribution < 1.29 is 14.2 Å². The molecule has 2 bridgehead atoms. The predicted molar refractivity (Wildman–Crippen MR) is 105 cm³/mol. The molecule has 4 heterocycles. The summed E-state index contributed by atoms with van der Waals surface area (Å²) in [5.74, 6) is 0.641. The minimum atomic E-state index is -0.798. The van der Waals surface area contributed by atoms with Crippen molar-refractivity contribution in [3.8, 4) is 5.88 Å². The summed E-state index contributed by atoms with van der Waals surface area (Å²) in [7, 11) is 1.93. The van der Waals surface area contributed by atoms with Gasteiger partial charge in [-0.3, -0.25) is 0 Å². The molecule has 1 saturated carbocycles. The first-order valence-corrected chi connectivity index (χ1v) is 9.46. The lowest BCUT2D eigenvalue weighted by Crippen LogP contribution is -2.34. The van der Waals surface area contributed by atoms with E-state index in [0.717, 1.165) is 30.4 Å². The van der Waals surface area contributed by atoms with Crippen LogP contribution < -0.4 is 15.0 Å². The molecule has 0 aromatic carbocycles. The first-order chi connectivity index (χ1) is 14.0. The van der Waals surface area contributed by atoms with Gasteiger partial charge in [0, 0.05) is 31.0 Å².